The topological polar surface area (TPSA) is 52.6 Å². The zero-order valence-electron chi connectivity index (χ0n) is 14.6. The van der Waals surface area contributed by atoms with Crippen LogP contribution < -0.4 is 0 Å². The largest absolute Gasteiger partial charge is 0.460 e. The van der Waals surface area contributed by atoms with Crippen LogP contribution in [-0.2, 0) is 25.7 Å². The summed E-state index contributed by atoms with van der Waals surface area (Å²) < 4.78 is 11.3. The zero-order chi connectivity index (χ0) is 17.3. The third kappa shape index (κ3) is 3.95. The first-order chi connectivity index (χ1) is 12.1. The van der Waals surface area contributed by atoms with Crippen LogP contribution in [0.15, 0.2) is 30.3 Å². The summed E-state index contributed by atoms with van der Waals surface area (Å²) in [6, 6.07) is 9.49. The molecule has 0 atom stereocenters. The predicted molar refractivity (Wildman–Crippen MR) is 92.7 cm³/mol. The second-order valence-corrected chi connectivity index (χ2v) is 8.25. The van der Waals surface area contributed by atoms with Gasteiger partial charge < -0.3 is 9.47 Å². The van der Waals surface area contributed by atoms with Gasteiger partial charge in [0.15, 0.2) is 5.78 Å². The van der Waals surface area contributed by atoms with Gasteiger partial charge in [0.05, 0.1) is 5.60 Å². The Morgan fingerprint density at radius 1 is 0.960 bits per heavy atom. The summed E-state index contributed by atoms with van der Waals surface area (Å²) in [7, 11) is 0. The number of rotatable bonds is 7. The number of ether oxygens (including phenoxy) is 2. The van der Waals surface area contributed by atoms with E-state index >= 15 is 0 Å². The summed E-state index contributed by atoms with van der Waals surface area (Å²) in [5, 5.41) is 0. The standard InChI is InChI=1S/C21H26O4/c22-19(9-20(23)24-13-15-4-2-1-3-5-15)14-25-21-10-16-6-17(11-21)8-18(7-16)12-21/h1-5,16-18H,6-14H2. The smallest absolute Gasteiger partial charge is 0.313 e. The number of benzene rings is 1. The van der Waals surface area contributed by atoms with Gasteiger partial charge in [-0.2, -0.15) is 0 Å². The molecule has 4 heteroatoms. The minimum absolute atomic E-state index is 0.0482. The van der Waals surface area contributed by atoms with Crippen LogP contribution in [0, 0.1) is 17.8 Å². The quantitative estimate of drug-likeness (QED) is 0.560. The Labute approximate surface area is 148 Å². The van der Waals surface area contributed by atoms with Crippen molar-refractivity contribution >= 4 is 11.8 Å². The normalized spacial score (nSPS) is 32.6. The molecule has 4 nitrogen and oxygen atoms in total. The molecule has 4 fully saturated rings. The number of carbonyl (C=O) groups excluding carboxylic acids is 2. The van der Waals surface area contributed by atoms with Crippen LogP contribution in [-0.4, -0.2) is 24.0 Å². The summed E-state index contributed by atoms with van der Waals surface area (Å²) in [4.78, 5) is 24.0. The Morgan fingerprint density at radius 3 is 2.16 bits per heavy atom. The molecule has 0 unspecified atom stereocenters. The molecule has 0 amide bonds. The molecular weight excluding hydrogens is 316 g/mol. The van der Waals surface area contributed by atoms with Crippen LogP contribution in [0.1, 0.15) is 50.5 Å². The lowest BCUT2D eigenvalue weighted by Crippen LogP contribution is -2.52. The van der Waals surface area contributed by atoms with E-state index in [-0.39, 0.29) is 31.0 Å². The number of hydrogen-bond donors (Lipinski definition) is 0. The van der Waals surface area contributed by atoms with Crippen molar-refractivity contribution in [3.63, 3.8) is 0 Å². The molecule has 0 N–H and O–H groups in total. The lowest BCUT2D eigenvalue weighted by atomic mass is 9.54. The monoisotopic (exact) mass is 342 g/mol. The lowest BCUT2D eigenvalue weighted by Gasteiger charge is -2.56. The maximum Gasteiger partial charge on any atom is 0.313 e. The highest BCUT2D eigenvalue weighted by atomic mass is 16.5. The SMILES string of the molecule is O=C(COC12CC3CC(CC(C3)C1)C2)CC(=O)OCc1ccccc1. The van der Waals surface area contributed by atoms with Crippen LogP contribution in [0.5, 0.6) is 0 Å². The summed E-state index contributed by atoms with van der Waals surface area (Å²) >= 11 is 0. The zero-order valence-corrected chi connectivity index (χ0v) is 14.6. The molecule has 0 saturated heterocycles. The second-order valence-electron chi connectivity index (χ2n) is 8.25. The van der Waals surface area contributed by atoms with E-state index in [9.17, 15) is 9.59 Å². The second kappa shape index (κ2) is 6.91. The maximum absolute atomic E-state index is 12.1. The molecule has 4 saturated carbocycles. The molecule has 0 spiro atoms. The molecule has 0 radical (unpaired) electrons. The Kier molecular flexibility index (Phi) is 4.63. The number of carbonyl (C=O) groups is 2. The van der Waals surface area contributed by atoms with Gasteiger partial charge in [0, 0.05) is 0 Å². The Hall–Kier alpha value is -1.68. The highest BCUT2D eigenvalue weighted by Crippen LogP contribution is 2.57. The van der Waals surface area contributed by atoms with Crippen LogP contribution in [0.3, 0.4) is 0 Å². The molecule has 0 aliphatic heterocycles. The average molecular weight is 342 g/mol. The van der Waals surface area contributed by atoms with Crippen LogP contribution >= 0.6 is 0 Å². The van der Waals surface area contributed by atoms with Crippen LogP contribution in [0.4, 0.5) is 0 Å². The fourth-order valence-corrected chi connectivity index (χ4v) is 5.44. The van der Waals surface area contributed by atoms with Crippen molar-refractivity contribution in [2.24, 2.45) is 17.8 Å². The first kappa shape index (κ1) is 16.8. The molecule has 25 heavy (non-hydrogen) atoms. The van der Waals surface area contributed by atoms with Gasteiger partial charge in [-0.3, -0.25) is 9.59 Å². The van der Waals surface area contributed by atoms with Gasteiger partial charge in [-0.25, -0.2) is 0 Å². The van der Waals surface area contributed by atoms with E-state index in [2.05, 4.69) is 0 Å². The van der Waals surface area contributed by atoms with Gasteiger partial charge >= 0.3 is 5.97 Å². The molecule has 4 aliphatic carbocycles. The Balaban J connectivity index is 1.22. The fraction of sp³-hybridized carbons (Fsp3) is 0.619. The van der Waals surface area contributed by atoms with E-state index in [0.29, 0.717) is 0 Å². The first-order valence-corrected chi connectivity index (χ1v) is 9.45. The predicted octanol–water partition coefficient (Wildman–Crippen LogP) is 3.67. The van der Waals surface area contributed by atoms with Gasteiger partial charge in [-0.05, 0) is 61.8 Å². The lowest BCUT2D eigenvalue weighted by molar-refractivity contribution is -0.170. The Bertz CT molecular complexity index is 601. The molecule has 4 bridgehead atoms. The van der Waals surface area contributed by atoms with E-state index in [1.165, 1.54) is 19.3 Å². The number of hydrogen-bond acceptors (Lipinski definition) is 4. The third-order valence-electron chi connectivity index (χ3n) is 6.11. The van der Waals surface area contributed by atoms with Crippen molar-refractivity contribution in [3.8, 4) is 0 Å². The van der Waals surface area contributed by atoms with E-state index in [0.717, 1.165) is 42.6 Å². The number of esters is 1. The minimum atomic E-state index is -0.469. The van der Waals surface area contributed by atoms with E-state index in [4.69, 9.17) is 9.47 Å². The first-order valence-electron chi connectivity index (χ1n) is 9.45. The molecule has 0 aromatic heterocycles. The molecule has 5 rings (SSSR count). The summed E-state index contributed by atoms with van der Waals surface area (Å²) in [5.74, 6) is 1.73. The molecule has 1 aromatic rings. The van der Waals surface area contributed by atoms with Crippen molar-refractivity contribution in [3.05, 3.63) is 35.9 Å². The van der Waals surface area contributed by atoms with Crippen molar-refractivity contribution in [2.45, 2.75) is 57.2 Å². The number of ketones is 1. The molecule has 4 aliphatic rings. The highest BCUT2D eigenvalue weighted by molar-refractivity contribution is 5.96. The molecular formula is C21H26O4. The highest BCUT2D eigenvalue weighted by Gasteiger charge is 2.51. The van der Waals surface area contributed by atoms with Crippen molar-refractivity contribution in [1.82, 2.24) is 0 Å². The van der Waals surface area contributed by atoms with Gasteiger partial charge in [0.1, 0.15) is 19.6 Å². The number of Topliss-reactive ketones (excluding diaryl/α,β-unsaturated/α-hetero) is 1. The average Bonchev–Trinajstić information content (AvgIpc) is 2.58. The van der Waals surface area contributed by atoms with Crippen LogP contribution in [0.2, 0.25) is 0 Å². The third-order valence-corrected chi connectivity index (χ3v) is 6.11. The van der Waals surface area contributed by atoms with Crippen molar-refractivity contribution in [1.29, 1.82) is 0 Å². The maximum atomic E-state index is 12.1. The molecule has 1 aromatic carbocycles. The van der Waals surface area contributed by atoms with E-state index < -0.39 is 5.97 Å². The van der Waals surface area contributed by atoms with E-state index in [1.807, 2.05) is 30.3 Å². The summed E-state index contributed by atoms with van der Waals surface area (Å²) in [6.45, 7) is 0.259. The summed E-state index contributed by atoms with van der Waals surface area (Å²) in [6.07, 6.45) is 7.16. The van der Waals surface area contributed by atoms with Gasteiger partial charge in [-0.15, -0.1) is 0 Å². The Morgan fingerprint density at radius 2 is 1.56 bits per heavy atom. The van der Waals surface area contributed by atoms with E-state index in [1.54, 1.807) is 0 Å². The van der Waals surface area contributed by atoms with Gasteiger partial charge in [-0.1, -0.05) is 30.3 Å². The summed E-state index contributed by atoms with van der Waals surface area (Å²) in [5.41, 5.74) is 0.839. The fourth-order valence-electron chi connectivity index (χ4n) is 5.44. The van der Waals surface area contributed by atoms with Crippen molar-refractivity contribution < 1.29 is 19.1 Å². The minimum Gasteiger partial charge on any atom is -0.460 e. The van der Waals surface area contributed by atoms with Crippen molar-refractivity contribution in [2.75, 3.05) is 6.61 Å². The van der Waals surface area contributed by atoms with Gasteiger partial charge in [0.25, 0.3) is 0 Å². The van der Waals surface area contributed by atoms with Gasteiger partial charge in [0.2, 0.25) is 0 Å². The molecule has 0 heterocycles. The molecule has 134 valence electrons. The van der Waals surface area contributed by atoms with Crippen LogP contribution in [0.25, 0.3) is 0 Å².